The van der Waals surface area contributed by atoms with E-state index in [1.54, 1.807) is 6.92 Å². The van der Waals surface area contributed by atoms with E-state index in [2.05, 4.69) is 4.98 Å². The topological polar surface area (TPSA) is 30.0 Å². The Bertz CT molecular complexity index is 408. The lowest BCUT2D eigenvalue weighted by Gasteiger charge is -2.05. The van der Waals surface area contributed by atoms with Gasteiger partial charge in [-0.3, -0.25) is 4.98 Å². The van der Waals surface area contributed by atoms with Crippen LogP contribution in [0, 0.1) is 18.7 Å². The van der Waals surface area contributed by atoms with Gasteiger partial charge in [-0.05, 0) is 24.8 Å². The van der Waals surface area contributed by atoms with Crippen molar-refractivity contribution in [3.05, 3.63) is 28.3 Å². The highest BCUT2D eigenvalue weighted by molar-refractivity contribution is 6.31. The summed E-state index contributed by atoms with van der Waals surface area (Å²) in [6.07, 6.45) is 3.58. The van der Waals surface area contributed by atoms with Crippen LogP contribution in [0.5, 0.6) is 0 Å². The summed E-state index contributed by atoms with van der Waals surface area (Å²) in [6, 6.07) is 0. The first-order chi connectivity index (χ1) is 7.15. The van der Waals surface area contributed by atoms with E-state index in [-0.39, 0.29) is 10.9 Å². The summed E-state index contributed by atoms with van der Waals surface area (Å²) < 4.78 is 13.0. The zero-order chi connectivity index (χ0) is 11.0. The Morgan fingerprint density at radius 3 is 3.13 bits per heavy atom. The molecule has 2 rings (SSSR count). The van der Waals surface area contributed by atoms with E-state index in [4.69, 9.17) is 11.6 Å². The van der Waals surface area contributed by atoms with Crippen molar-refractivity contribution in [2.45, 2.75) is 25.7 Å². The smallest absolute Gasteiger partial charge is 0.160 e. The van der Waals surface area contributed by atoms with Gasteiger partial charge in [-0.25, -0.2) is 4.39 Å². The molecule has 80 valence electrons. The minimum atomic E-state index is -0.481. The van der Waals surface area contributed by atoms with E-state index in [1.165, 1.54) is 0 Å². The third-order valence-electron chi connectivity index (χ3n) is 2.91. The second-order valence-electron chi connectivity index (χ2n) is 3.94. The van der Waals surface area contributed by atoms with Gasteiger partial charge in [0.2, 0.25) is 0 Å². The number of nitrogens with zero attached hydrogens (tertiary/aromatic N) is 1. The Morgan fingerprint density at radius 1 is 1.73 bits per heavy atom. The maximum absolute atomic E-state index is 13.0. The summed E-state index contributed by atoms with van der Waals surface area (Å²) in [5.41, 5.74) is 1.54. The molecule has 2 atom stereocenters. The lowest BCUT2D eigenvalue weighted by atomic mass is 10.1. The fourth-order valence-electron chi connectivity index (χ4n) is 1.91. The van der Waals surface area contributed by atoms with E-state index >= 15 is 0 Å². The average molecular weight is 228 g/mol. The first-order valence-corrected chi connectivity index (χ1v) is 5.27. The molecule has 1 aliphatic rings. The first-order valence-electron chi connectivity index (χ1n) is 4.89. The molecule has 1 heterocycles. The first kappa shape index (κ1) is 10.6. The molecule has 1 fully saturated rings. The predicted octanol–water partition coefficient (Wildman–Crippen LogP) is 2.88. The van der Waals surface area contributed by atoms with Crippen molar-refractivity contribution in [3.63, 3.8) is 0 Å². The number of hydrogen-bond acceptors (Lipinski definition) is 2. The van der Waals surface area contributed by atoms with Crippen LogP contribution in [-0.2, 0) is 4.79 Å². The van der Waals surface area contributed by atoms with Gasteiger partial charge in [-0.15, -0.1) is 0 Å². The highest BCUT2D eigenvalue weighted by atomic mass is 35.5. The highest BCUT2D eigenvalue weighted by Crippen LogP contribution is 2.49. The molecule has 0 bridgehead atoms. The number of aldehydes is 1. The molecule has 1 saturated carbocycles. The second-order valence-corrected chi connectivity index (χ2v) is 4.31. The van der Waals surface area contributed by atoms with Crippen molar-refractivity contribution < 1.29 is 9.18 Å². The number of carbonyl (C=O) groups is 1. The van der Waals surface area contributed by atoms with Gasteiger partial charge >= 0.3 is 0 Å². The van der Waals surface area contributed by atoms with Crippen molar-refractivity contribution in [2.24, 2.45) is 5.92 Å². The summed E-state index contributed by atoms with van der Waals surface area (Å²) in [5, 5.41) is 0.150. The molecule has 1 aromatic rings. The lowest BCUT2D eigenvalue weighted by Crippen LogP contribution is -1.96. The molecule has 0 N–H and O–H groups in total. The standard InChI is InChI=1S/C11H11ClFNO/c1-6-10(12)9(13)5-14-11(6)8-4-7(8)2-3-15/h3,5,7-8H,2,4H2,1H3. The van der Waals surface area contributed by atoms with Gasteiger partial charge in [0.25, 0.3) is 0 Å². The van der Waals surface area contributed by atoms with E-state index in [9.17, 15) is 9.18 Å². The van der Waals surface area contributed by atoms with Gasteiger partial charge in [-0.2, -0.15) is 0 Å². The highest BCUT2D eigenvalue weighted by Gasteiger charge is 2.40. The molecule has 0 saturated heterocycles. The van der Waals surface area contributed by atoms with Crippen LogP contribution in [0.15, 0.2) is 6.20 Å². The maximum Gasteiger partial charge on any atom is 0.160 e. The summed E-state index contributed by atoms with van der Waals surface area (Å²) in [5.74, 6) is 0.175. The van der Waals surface area contributed by atoms with Crippen molar-refractivity contribution in [1.82, 2.24) is 4.98 Å². The molecule has 0 spiro atoms. The SMILES string of the molecule is Cc1c(C2CC2CC=O)ncc(F)c1Cl. The van der Waals surface area contributed by atoms with Gasteiger partial charge in [0.15, 0.2) is 5.82 Å². The van der Waals surface area contributed by atoms with Crippen LogP contribution in [-0.4, -0.2) is 11.3 Å². The summed E-state index contributed by atoms with van der Waals surface area (Å²) in [7, 11) is 0. The number of aromatic nitrogens is 1. The normalized spacial score (nSPS) is 23.9. The van der Waals surface area contributed by atoms with E-state index in [1.807, 2.05) is 0 Å². The number of hydrogen-bond donors (Lipinski definition) is 0. The molecule has 15 heavy (non-hydrogen) atoms. The van der Waals surface area contributed by atoms with Gasteiger partial charge in [0, 0.05) is 18.0 Å². The molecular weight excluding hydrogens is 217 g/mol. The number of halogens is 2. The van der Waals surface area contributed by atoms with Crippen LogP contribution in [0.2, 0.25) is 5.02 Å². The van der Waals surface area contributed by atoms with Gasteiger partial charge in [0.05, 0.1) is 11.2 Å². The number of carbonyl (C=O) groups excluding carboxylic acids is 1. The van der Waals surface area contributed by atoms with E-state index < -0.39 is 5.82 Å². The molecule has 0 radical (unpaired) electrons. The van der Waals surface area contributed by atoms with Gasteiger partial charge in [0.1, 0.15) is 6.29 Å². The molecule has 4 heteroatoms. The maximum atomic E-state index is 13.0. The Kier molecular flexibility index (Phi) is 2.74. The third-order valence-corrected chi connectivity index (χ3v) is 3.38. The Balaban J connectivity index is 2.24. The molecule has 1 aliphatic carbocycles. The van der Waals surface area contributed by atoms with Crippen LogP contribution in [0.3, 0.4) is 0 Å². The van der Waals surface area contributed by atoms with Gasteiger partial charge < -0.3 is 4.79 Å². The molecular formula is C11H11ClFNO. The van der Waals surface area contributed by atoms with Crippen LogP contribution < -0.4 is 0 Å². The van der Waals surface area contributed by atoms with Crippen LogP contribution >= 0.6 is 11.6 Å². The quantitative estimate of drug-likeness (QED) is 0.744. The van der Waals surface area contributed by atoms with Crippen molar-refractivity contribution in [2.75, 3.05) is 0 Å². The zero-order valence-corrected chi connectivity index (χ0v) is 9.09. The fraction of sp³-hybridized carbons (Fsp3) is 0.455. The lowest BCUT2D eigenvalue weighted by molar-refractivity contribution is -0.108. The minimum absolute atomic E-state index is 0.150. The molecule has 0 aliphatic heterocycles. The Labute approximate surface area is 92.5 Å². The molecule has 0 aromatic carbocycles. The largest absolute Gasteiger partial charge is 0.303 e. The number of rotatable bonds is 3. The monoisotopic (exact) mass is 227 g/mol. The van der Waals surface area contributed by atoms with E-state index in [0.717, 1.165) is 24.6 Å². The van der Waals surface area contributed by atoms with Gasteiger partial charge in [-0.1, -0.05) is 11.6 Å². The minimum Gasteiger partial charge on any atom is -0.303 e. The molecule has 1 aromatic heterocycles. The average Bonchev–Trinajstić information content (AvgIpc) is 2.95. The molecule has 0 amide bonds. The Morgan fingerprint density at radius 2 is 2.47 bits per heavy atom. The van der Waals surface area contributed by atoms with Crippen LogP contribution in [0.1, 0.15) is 30.0 Å². The van der Waals surface area contributed by atoms with E-state index in [0.29, 0.717) is 17.9 Å². The summed E-state index contributed by atoms with van der Waals surface area (Å²) >= 11 is 5.79. The van der Waals surface area contributed by atoms with Crippen LogP contribution in [0.25, 0.3) is 0 Å². The fourth-order valence-corrected chi connectivity index (χ4v) is 2.06. The molecule has 2 unspecified atom stereocenters. The summed E-state index contributed by atoms with van der Waals surface area (Å²) in [6.45, 7) is 1.77. The van der Waals surface area contributed by atoms with Crippen molar-refractivity contribution in [3.8, 4) is 0 Å². The molecule has 2 nitrogen and oxygen atoms in total. The van der Waals surface area contributed by atoms with Crippen molar-refractivity contribution >= 4 is 17.9 Å². The third kappa shape index (κ3) is 1.88. The Hall–Kier alpha value is -0.960. The summed E-state index contributed by atoms with van der Waals surface area (Å²) in [4.78, 5) is 14.4. The second kappa shape index (κ2) is 3.89. The predicted molar refractivity (Wildman–Crippen MR) is 55.5 cm³/mol. The van der Waals surface area contributed by atoms with Crippen molar-refractivity contribution in [1.29, 1.82) is 0 Å². The zero-order valence-electron chi connectivity index (χ0n) is 8.34. The number of pyridine rings is 1. The van der Waals surface area contributed by atoms with Crippen LogP contribution in [0.4, 0.5) is 4.39 Å².